The van der Waals surface area contributed by atoms with E-state index in [4.69, 9.17) is 4.84 Å². The van der Waals surface area contributed by atoms with E-state index < -0.39 is 0 Å². The lowest BCUT2D eigenvalue weighted by atomic mass is 10.3. The van der Waals surface area contributed by atoms with E-state index in [1.807, 2.05) is 12.1 Å². The lowest BCUT2D eigenvalue weighted by Gasteiger charge is -2.19. The maximum absolute atomic E-state index is 5.25. The van der Waals surface area contributed by atoms with E-state index in [0.29, 0.717) is 6.04 Å². The first-order valence-corrected chi connectivity index (χ1v) is 4.69. The summed E-state index contributed by atoms with van der Waals surface area (Å²) in [6, 6.07) is 4.34. The zero-order valence-electron chi connectivity index (χ0n) is 7.58. The van der Waals surface area contributed by atoms with Gasteiger partial charge in [-0.25, -0.2) is 0 Å². The highest BCUT2D eigenvalue weighted by Gasteiger charge is 2.37. The topological polar surface area (TPSA) is 50.6 Å². The van der Waals surface area contributed by atoms with Gasteiger partial charge in [-0.1, -0.05) is 5.16 Å². The Morgan fingerprint density at radius 2 is 2.36 bits per heavy atom. The van der Waals surface area contributed by atoms with Crippen LogP contribution in [-0.4, -0.2) is 27.5 Å². The minimum absolute atomic E-state index is 0.170. The van der Waals surface area contributed by atoms with Crippen LogP contribution in [0.5, 0.6) is 0 Å². The van der Waals surface area contributed by atoms with Crippen LogP contribution in [0.4, 0.5) is 0 Å². The Balaban J connectivity index is 1.85. The Hall–Kier alpha value is -1.65. The summed E-state index contributed by atoms with van der Waals surface area (Å²) in [7, 11) is 0. The van der Waals surface area contributed by atoms with Gasteiger partial charge in [-0.3, -0.25) is 0 Å². The highest BCUT2D eigenvalue weighted by atomic mass is 16.7. The summed E-state index contributed by atoms with van der Waals surface area (Å²) in [4.78, 5) is 7.35. The molecular weight excluding hydrogens is 180 g/mol. The van der Waals surface area contributed by atoms with Crippen molar-refractivity contribution in [2.75, 3.05) is 0 Å². The van der Waals surface area contributed by atoms with Crippen molar-refractivity contribution < 1.29 is 4.84 Å². The van der Waals surface area contributed by atoms with E-state index in [2.05, 4.69) is 20.3 Å². The number of hydrogen-bond donors (Lipinski definition) is 0. The molecule has 5 heteroatoms. The predicted octanol–water partition coefficient (Wildman–Crippen LogP) is 0.913. The summed E-state index contributed by atoms with van der Waals surface area (Å²) in [6.45, 7) is 0. The maximum atomic E-state index is 5.25. The molecule has 1 fully saturated rings. The molecule has 0 aromatic carbocycles. The van der Waals surface area contributed by atoms with Crippen molar-refractivity contribution in [1.82, 2.24) is 15.1 Å². The van der Waals surface area contributed by atoms with Crippen LogP contribution in [0.1, 0.15) is 24.8 Å². The maximum Gasteiger partial charge on any atom is 0.245 e. The van der Waals surface area contributed by atoms with E-state index in [9.17, 15) is 0 Å². The fourth-order valence-corrected chi connectivity index (χ4v) is 1.56. The van der Waals surface area contributed by atoms with Crippen LogP contribution in [-0.2, 0) is 4.84 Å². The molecule has 0 radical (unpaired) electrons. The number of aromatic nitrogens is 2. The van der Waals surface area contributed by atoms with E-state index in [0.717, 1.165) is 5.69 Å². The van der Waals surface area contributed by atoms with Crippen molar-refractivity contribution in [3.05, 3.63) is 24.0 Å². The summed E-state index contributed by atoms with van der Waals surface area (Å²) in [6.07, 6.45) is 5.66. The summed E-state index contributed by atoms with van der Waals surface area (Å²) >= 11 is 0. The first-order valence-electron chi connectivity index (χ1n) is 4.69. The quantitative estimate of drug-likeness (QED) is 0.695. The van der Waals surface area contributed by atoms with Gasteiger partial charge >= 0.3 is 0 Å². The van der Waals surface area contributed by atoms with Gasteiger partial charge in [-0.2, -0.15) is 5.10 Å². The summed E-state index contributed by atoms with van der Waals surface area (Å²) < 4.78 is 0. The lowest BCUT2D eigenvalue weighted by molar-refractivity contribution is 0.00246. The van der Waals surface area contributed by atoms with Gasteiger partial charge in [0.05, 0.1) is 0 Å². The molecule has 1 unspecified atom stereocenters. The van der Waals surface area contributed by atoms with Crippen LogP contribution in [0.25, 0.3) is 0 Å². The molecule has 1 aliphatic heterocycles. The van der Waals surface area contributed by atoms with Crippen LogP contribution < -0.4 is 0 Å². The van der Waals surface area contributed by atoms with Crippen LogP contribution in [0.3, 0.4) is 0 Å². The van der Waals surface area contributed by atoms with Crippen molar-refractivity contribution in [2.24, 2.45) is 5.16 Å². The molecule has 0 amide bonds. The first-order chi connectivity index (χ1) is 6.95. The molecule has 0 spiro atoms. The van der Waals surface area contributed by atoms with Crippen LogP contribution in [0, 0.1) is 0 Å². The molecule has 1 aliphatic carbocycles. The van der Waals surface area contributed by atoms with Gasteiger partial charge in [0.25, 0.3) is 0 Å². The number of nitrogens with zero attached hydrogens (tertiary/aromatic N) is 4. The van der Waals surface area contributed by atoms with Crippen molar-refractivity contribution in [2.45, 2.75) is 25.1 Å². The SMILES string of the molecule is C1=NOC(c2cccnn2)N1C1CC1. The fourth-order valence-electron chi connectivity index (χ4n) is 1.56. The summed E-state index contributed by atoms with van der Waals surface area (Å²) in [5.74, 6) is 0. The van der Waals surface area contributed by atoms with Gasteiger partial charge in [0.15, 0.2) is 0 Å². The Morgan fingerprint density at radius 3 is 3.07 bits per heavy atom. The highest BCUT2D eigenvalue weighted by molar-refractivity contribution is 5.57. The third-order valence-electron chi connectivity index (χ3n) is 2.43. The second-order valence-corrected chi connectivity index (χ2v) is 3.51. The lowest BCUT2D eigenvalue weighted by Crippen LogP contribution is -2.26. The molecule has 1 saturated carbocycles. The Labute approximate surface area is 81.4 Å². The van der Waals surface area contributed by atoms with Gasteiger partial charge in [-0.15, -0.1) is 5.10 Å². The third-order valence-corrected chi connectivity index (χ3v) is 2.43. The van der Waals surface area contributed by atoms with Crippen molar-refractivity contribution >= 4 is 6.34 Å². The number of hydrogen-bond acceptors (Lipinski definition) is 5. The van der Waals surface area contributed by atoms with Gasteiger partial charge in [-0.05, 0) is 25.0 Å². The van der Waals surface area contributed by atoms with Crippen molar-refractivity contribution in [3.8, 4) is 0 Å². The molecule has 14 heavy (non-hydrogen) atoms. The summed E-state index contributed by atoms with van der Waals surface area (Å²) in [5.41, 5.74) is 0.817. The normalized spacial score (nSPS) is 25.1. The average Bonchev–Trinajstić information content (AvgIpc) is 2.98. The molecule has 2 heterocycles. The third kappa shape index (κ3) is 1.21. The van der Waals surface area contributed by atoms with Crippen molar-refractivity contribution in [3.63, 3.8) is 0 Å². The van der Waals surface area contributed by atoms with E-state index in [-0.39, 0.29) is 6.23 Å². The average molecular weight is 190 g/mol. The standard InChI is InChI=1S/C9H10N4O/c1-2-8(12-10-5-1)9-13(6-11-14-9)7-3-4-7/h1-2,5-7,9H,3-4H2. The van der Waals surface area contributed by atoms with Gasteiger partial charge < -0.3 is 9.74 Å². The molecule has 0 saturated heterocycles. The van der Waals surface area contributed by atoms with Crippen molar-refractivity contribution in [1.29, 1.82) is 0 Å². The number of rotatable bonds is 2. The molecule has 2 aliphatic rings. The van der Waals surface area contributed by atoms with Gasteiger partial charge in [0.1, 0.15) is 12.0 Å². The zero-order valence-corrected chi connectivity index (χ0v) is 7.58. The molecule has 72 valence electrons. The molecular formula is C9H10N4O. The molecule has 5 nitrogen and oxygen atoms in total. The molecule has 1 aromatic heterocycles. The van der Waals surface area contributed by atoms with E-state index in [1.54, 1.807) is 12.5 Å². The molecule has 1 atom stereocenters. The number of oxime groups is 1. The van der Waals surface area contributed by atoms with E-state index in [1.165, 1.54) is 12.8 Å². The fraction of sp³-hybridized carbons (Fsp3) is 0.444. The molecule has 1 aromatic rings. The smallest absolute Gasteiger partial charge is 0.245 e. The molecule has 0 N–H and O–H groups in total. The zero-order chi connectivity index (χ0) is 9.38. The Kier molecular flexibility index (Phi) is 1.62. The largest absolute Gasteiger partial charge is 0.362 e. The second-order valence-electron chi connectivity index (χ2n) is 3.51. The second kappa shape index (κ2) is 2.94. The van der Waals surface area contributed by atoms with Gasteiger partial charge in [0, 0.05) is 12.2 Å². The van der Waals surface area contributed by atoms with Crippen LogP contribution in [0.15, 0.2) is 23.5 Å². The molecule has 3 rings (SSSR count). The highest BCUT2D eigenvalue weighted by Crippen LogP contribution is 2.35. The Bertz CT molecular complexity index is 349. The monoisotopic (exact) mass is 190 g/mol. The van der Waals surface area contributed by atoms with Crippen LogP contribution in [0.2, 0.25) is 0 Å². The first kappa shape index (κ1) is 7.73. The minimum Gasteiger partial charge on any atom is -0.362 e. The van der Waals surface area contributed by atoms with Crippen LogP contribution >= 0.6 is 0 Å². The summed E-state index contributed by atoms with van der Waals surface area (Å²) in [5, 5.41) is 11.7. The molecule has 0 bridgehead atoms. The Morgan fingerprint density at radius 1 is 1.43 bits per heavy atom. The minimum atomic E-state index is -0.170. The van der Waals surface area contributed by atoms with E-state index >= 15 is 0 Å². The predicted molar refractivity (Wildman–Crippen MR) is 49.2 cm³/mol. The van der Waals surface area contributed by atoms with Gasteiger partial charge in [0.2, 0.25) is 6.23 Å².